The molecule has 0 radical (unpaired) electrons. The molecule has 10 heteroatoms. The SMILES string of the molecule is CC(=N)[C@@H]1CC(F)(F)CN1C(=O)CNC(=O)c1ccnc2ccc(OCCN(C)C)cc12. The summed E-state index contributed by atoms with van der Waals surface area (Å²) in [6.07, 6.45) is 0.911. The van der Waals surface area contributed by atoms with E-state index in [2.05, 4.69) is 10.3 Å². The Morgan fingerprint density at radius 2 is 2.09 bits per heavy atom. The fourth-order valence-electron chi connectivity index (χ4n) is 3.58. The monoisotopic (exact) mass is 447 g/mol. The summed E-state index contributed by atoms with van der Waals surface area (Å²) in [5.74, 6) is -3.64. The Morgan fingerprint density at radius 3 is 2.78 bits per heavy atom. The number of halogens is 2. The van der Waals surface area contributed by atoms with Gasteiger partial charge in [0.15, 0.2) is 0 Å². The Bertz CT molecular complexity index is 1030. The topological polar surface area (TPSA) is 98.6 Å². The van der Waals surface area contributed by atoms with Gasteiger partial charge in [-0.25, -0.2) is 8.78 Å². The molecule has 2 N–H and O–H groups in total. The molecule has 8 nitrogen and oxygen atoms in total. The number of pyridine rings is 1. The molecule has 1 atom stereocenters. The number of nitrogens with zero attached hydrogens (tertiary/aromatic N) is 3. The fraction of sp³-hybridized carbons (Fsp3) is 0.455. The number of hydrogen-bond donors (Lipinski definition) is 2. The number of fused-ring (bicyclic) bond motifs is 1. The number of rotatable bonds is 8. The second kappa shape index (κ2) is 9.56. The van der Waals surface area contributed by atoms with Crippen molar-refractivity contribution in [1.82, 2.24) is 20.1 Å². The van der Waals surface area contributed by atoms with E-state index in [1.807, 2.05) is 19.0 Å². The van der Waals surface area contributed by atoms with E-state index >= 15 is 0 Å². The van der Waals surface area contributed by atoms with Crippen molar-refractivity contribution in [3.05, 3.63) is 36.0 Å². The third kappa shape index (κ3) is 5.56. The maximum atomic E-state index is 13.8. The van der Waals surface area contributed by atoms with Crippen LogP contribution in [0.1, 0.15) is 23.7 Å². The minimum Gasteiger partial charge on any atom is -0.492 e. The summed E-state index contributed by atoms with van der Waals surface area (Å²) in [4.78, 5) is 32.5. The summed E-state index contributed by atoms with van der Waals surface area (Å²) in [5.41, 5.74) is 0.874. The van der Waals surface area contributed by atoms with Crippen molar-refractivity contribution in [2.45, 2.75) is 25.3 Å². The van der Waals surface area contributed by atoms with Crippen molar-refractivity contribution in [1.29, 1.82) is 5.41 Å². The standard InChI is InChI=1S/C22H27F2N5O3/c1-14(25)19-11-22(23,24)13-29(19)20(30)12-27-21(31)16-6-7-26-18-5-4-15(10-17(16)18)32-9-8-28(2)3/h4-7,10,19,25H,8-9,11-13H2,1-3H3,(H,27,31)/t19-/m0/s1. The van der Waals surface area contributed by atoms with Crippen LogP contribution >= 0.6 is 0 Å². The van der Waals surface area contributed by atoms with Gasteiger partial charge in [-0.05, 0) is 45.3 Å². The number of carbonyl (C=O) groups is 2. The molecule has 1 aromatic carbocycles. The number of nitrogens with one attached hydrogen (secondary N) is 2. The highest BCUT2D eigenvalue weighted by Gasteiger charge is 2.47. The van der Waals surface area contributed by atoms with E-state index in [4.69, 9.17) is 10.1 Å². The Hall–Kier alpha value is -3.14. The third-order valence-electron chi connectivity index (χ3n) is 5.26. The first-order valence-electron chi connectivity index (χ1n) is 10.2. The zero-order chi connectivity index (χ0) is 23.5. The van der Waals surface area contributed by atoms with E-state index in [0.717, 1.165) is 11.4 Å². The van der Waals surface area contributed by atoms with Crippen molar-refractivity contribution in [3.63, 3.8) is 0 Å². The average Bonchev–Trinajstić information content (AvgIpc) is 3.07. The van der Waals surface area contributed by atoms with E-state index in [1.54, 1.807) is 18.2 Å². The van der Waals surface area contributed by atoms with Crippen LogP contribution in [-0.4, -0.2) is 84.6 Å². The van der Waals surface area contributed by atoms with Gasteiger partial charge in [0.25, 0.3) is 11.8 Å². The number of benzene rings is 1. The first-order chi connectivity index (χ1) is 15.1. The molecule has 0 spiro atoms. The van der Waals surface area contributed by atoms with Crippen molar-refractivity contribution < 1.29 is 23.1 Å². The Kier molecular flexibility index (Phi) is 7.02. The summed E-state index contributed by atoms with van der Waals surface area (Å²) in [7, 11) is 3.87. The van der Waals surface area contributed by atoms with Gasteiger partial charge >= 0.3 is 0 Å². The zero-order valence-corrected chi connectivity index (χ0v) is 18.3. The van der Waals surface area contributed by atoms with Crippen LogP contribution in [0, 0.1) is 5.41 Å². The van der Waals surface area contributed by atoms with E-state index in [1.165, 1.54) is 19.2 Å². The van der Waals surface area contributed by atoms with Crippen LogP contribution in [-0.2, 0) is 4.79 Å². The van der Waals surface area contributed by atoms with Crippen LogP contribution in [0.3, 0.4) is 0 Å². The molecule has 32 heavy (non-hydrogen) atoms. The first-order valence-corrected chi connectivity index (χ1v) is 10.2. The van der Waals surface area contributed by atoms with E-state index in [9.17, 15) is 18.4 Å². The van der Waals surface area contributed by atoms with Gasteiger partial charge in [0.05, 0.1) is 30.2 Å². The minimum atomic E-state index is -3.04. The molecular weight excluding hydrogens is 420 g/mol. The summed E-state index contributed by atoms with van der Waals surface area (Å²) in [6, 6.07) is 5.79. The third-order valence-corrected chi connectivity index (χ3v) is 5.26. The molecule has 0 unspecified atom stereocenters. The lowest BCUT2D eigenvalue weighted by Crippen LogP contribution is -2.45. The van der Waals surface area contributed by atoms with Crippen molar-refractivity contribution >= 4 is 28.4 Å². The van der Waals surface area contributed by atoms with Crippen LogP contribution in [0.5, 0.6) is 5.75 Å². The number of aromatic nitrogens is 1. The molecule has 0 aliphatic carbocycles. The quantitative estimate of drug-likeness (QED) is 0.605. The van der Waals surface area contributed by atoms with E-state index in [0.29, 0.717) is 28.8 Å². The predicted molar refractivity (Wildman–Crippen MR) is 117 cm³/mol. The van der Waals surface area contributed by atoms with Crippen LogP contribution in [0.25, 0.3) is 10.9 Å². The van der Waals surface area contributed by atoms with Crippen LogP contribution in [0.15, 0.2) is 30.5 Å². The Balaban J connectivity index is 1.71. The smallest absolute Gasteiger partial charge is 0.267 e. The van der Waals surface area contributed by atoms with Crippen LogP contribution in [0.4, 0.5) is 8.78 Å². The lowest BCUT2D eigenvalue weighted by molar-refractivity contribution is -0.131. The highest BCUT2D eigenvalue weighted by Crippen LogP contribution is 2.32. The molecular formula is C22H27F2N5O3. The summed E-state index contributed by atoms with van der Waals surface area (Å²) in [6.45, 7) is 1.40. The van der Waals surface area contributed by atoms with Crippen molar-refractivity contribution in [2.24, 2.45) is 0 Å². The van der Waals surface area contributed by atoms with Crippen LogP contribution in [0.2, 0.25) is 0 Å². The summed E-state index contributed by atoms with van der Waals surface area (Å²) >= 11 is 0. The molecule has 1 aromatic heterocycles. The summed E-state index contributed by atoms with van der Waals surface area (Å²) < 4.78 is 33.3. The number of ether oxygens (including phenoxy) is 1. The van der Waals surface area contributed by atoms with Crippen molar-refractivity contribution in [3.8, 4) is 5.75 Å². The Morgan fingerprint density at radius 1 is 1.34 bits per heavy atom. The largest absolute Gasteiger partial charge is 0.492 e. The molecule has 0 bridgehead atoms. The maximum absolute atomic E-state index is 13.8. The van der Waals surface area contributed by atoms with Crippen LogP contribution < -0.4 is 10.1 Å². The van der Waals surface area contributed by atoms with Gasteiger partial charge in [-0.1, -0.05) is 0 Å². The molecule has 1 saturated heterocycles. The molecule has 0 saturated carbocycles. The van der Waals surface area contributed by atoms with Gasteiger partial charge < -0.3 is 25.3 Å². The van der Waals surface area contributed by atoms with Gasteiger partial charge in [0.1, 0.15) is 12.4 Å². The molecule has 172 valence electrons. The normalized spacial score (nSPS) is 17.6. The zero-order valence-electron chi connectivity index (χ0n) is 18.3. The highest BCUT2D eigenvalue weighted by atomic mass is 19.3. The number of carbonyl (C=O) groups excluding carboxylic acids is 2. The number of hydrogen-bond acceptors (Lipinski definition) is 6. The average molecular weight is 447 g/mol. The summed E-state index contributed by atoms with van der Waals surface area (Å²) in [5, 5.41) is 10.8. The maximum Gasteiger partial charge on any atom is 0.267 e. The molecule has 2 amide bonds. The second-order valence-electron chi connectivity index (χ2n) is 8.15. The molecule has 3 rings (SSSR count). The molecule has 1 fully saturated rings. The molecule has 2 aromatic rings. The highest BCUT2D eigenvalue weighted by molar-refractivity contribution is 6.07. The van der Waals surface area contributed by atoms with Gasteiger partial charge in [-0.2, -0.15) is 0 Å². The van der Waals surface area contributed by atoms with E-state index < -0.39 is 43.3 Å². The Labute approximate surface area is 185 Å². The van der Waals surface area contributed by atoms with Gasteiger partial charge in [-0.3, -0.25) is 14.6 Å². The molecule has 2 heterocycles. The second-order valence-corrected chi connectivity index (χ2v) is 8.15. The van der Waals surface area contributed by atoms with Gasteiger partial charge in [-0.15, -0.1) is 0 Å². The first kappa shape index (κ1) is 23.5. The number of amides is 2. The number of alkyl halides is 2. The lowest BCUT2D eigenvalue weighted by atomic mass is 10.1. The predicted octanol–water partition coefficient (Wildman–Crippen LogP) is 2.18. The number of likely N-dealkylation sites (tertiary alicyclic amines) is 1. The fourth-order valence-corrected chi connectivity index (χ4v) is 3.58. The van der Waals surface area contributed by atoms with Gasteiger partial charge in [0.2, 0.25) is 5.91 Å². The molecule has 1 aliphatic rings. The minimum absolute atomic E-state index is 0.0104. The number of likely N-dealkylation sites (N-methyl/N-ethyl adjacent to an activating group) is 1. The van der Waals surface area contributed by atoms with E-state index in [-0.39, 0.29) is 5.71 Å². The van der Waals surface area contributed by atoms with Crippen molar-refractivity contribution in [2.75, 3.05) is 40.3 Å². The lowest BCUT2D eigenvalue weighted by Gasteiger charge is -2.23. The van der Waals surface area contributed by atoms with Gasteiger partial charge in [0, 0.05) is 30.3 Å². The molecule has 1 aliphatic heterocycles.